The summed E-state index contributed by atoms with van der Waals surface area (Å²) < 4.78 is 10.5. The average molecular weight is 355 g/mol. The van der Waals surface area contributed by atoms with Crippen molar-refractivity contribution >= 4 is 12.0 Å². The third-order valence-electron chi connectivity index (χ3n) is 3.99. The van der Waals surface area contributed by atoms with E-state index in [2.05, 4.69) is 19.4 Å². The van der Waals surface area contributed by atoms with Crippen LogP contribution in [0, 0.1) is 0 Å². The van der Waals surface area contributed by atoms with E-state index in [1.807, 2.05) is 42.5 Å². The molecule has 1 atom stereocenters. The maximum Gasteiger partial charge on any atom is 0.244 e. The molecule has 2 aromatic rings. The molecular weight excluding hydrogens is 328 g/mol. The Kier molecular flexibility index (Phi) is 7.24. The lowest BCUT2D eigenvalue weighted by atomic mass is 10.1. The Bertz CT molecular complexity index is 742. The third kappa shape index (κ3) is 5.63. The van der Waals surface area contributed by atoms with Gasteiger partial charge in [-0.15, -0.1) is 0 Å². The summed E-state index contributed by atoms with van der Waals surface area (Å²) in [5.74, 6) is 1.23. The first-order valence-electron chi connectivity index (χ1n) is 8.58. The van der Waals surface area contributed by atoms with E-state index >= 15 is 0 Å². The van der Waals surface area contributed by atoms with Crippen LogP contribution in [0.25, 0.3) is 6.08 Å². The molecule has 138 valence electrons. The smallest absolute Gasteiger partial charge is 0.244 e. The quantitative estimate of drug-likeness (QED) is 0.709. The van der Waals surface area contributed by atoms with Crippen LogP contribution < -0.4 is 19.7 Å². The zero-order chi connectivity index (χ0) is 18.9. The normalized spacial score (nSPS) is 12.2. The lowest BCUT2D eigenvalue weighted by Gasteiger charge is -2.20. The molecule has 2 aromatic carbocycles. The Morgan fingerprint density at radius 1 is 1.12 bits per heavy atom. The predicted octanol–water partition coefficient (Wildman–Crippen LogP) is 1.72. The minimum Gasteiger partial charge on any atom is -0.497 e. The monoisotopic (exact) mass is 355 g/mol. The summed E-state index contributed by atoms with van der Waals surface area (Å²) in [6.45, 7) is 0.801. The van der Waals surface area contributed by atoms with Gasteiger partial charge in [0.2, 0.25) is 5.91 Å². The number of amides is 1. The number of rotatable bonds is 8. The highest BCUT2D eigenvalue weighted by atomic mass is 16.5. The molecule has 2 rings (SSSR count). The van der Waals surface area contributed by atoms with Crippen LogP contribution in [-0.4, -0.2) is 40.8 Å². The van der Waals surface area contributed by atoms with Gasteiger partial charge in [-0.05, 0) is 23.8 Å². The number of carbonyl (C=O) groups excluding carboxylic acids is 1. The molecule has 1 amide bonds. The van der Waals surface area contributed by atoms with Crippen molar-refractivity contribution in [3.63, 3.8) is 0 Å². The molecule has 0 unspecified atom stereocenters. The van der Waals surface area contributed by atoms with Crippen molar-refractivity contribution in [1.29, 1.82) is 0 Å². The van der Waals surface area contributed by atoms with Crippen LogP contribution in [0.2, 0.25) is 0 Å². The predicted molar refractivity (Wildman–Crippen MR) is 104 cm³/mol. The number of ether oxygens (including phenoxy) is 2. The van der Waals surface area contributed by atoms with Gasteiger partial charge < -0.3 is 19.7 Å². The Balaban J connectivity index is 2.11. The minimum absolute atomic E-state index is 0.0453. The van der Waals surface area contributed by atoms with Crippen LogP contribution in [0.15, 0.2) is 54.6 Å². The fraction of sp³-hybridized carbons (Fsp3) is 0.286. The first kappa shape index (κ1) is 19.5. The van der Waals surface area contributed by atoms with Crippen LogP contribution in [0.5, 0.6) is 11.5 Å². The topological polar surface area (TPSA) is 52.0 Å². The number of benzene rings is 2. The molecule has 0 aliphatic heterocycles. The zero-order valence-electron chi connectivity index (χ0n) is 15.8. The van der Waals surface area contributed by atoms with Crippen molar-refractivity contribution in [2.24, 2.45) is 0 Å². The minimum atomic E-state index is -0.141. The van der Waals surface area contributed by atoms with Crippen LogP contribution in [-0.2, 0) is 4.79 Å². The molecule has 5 heteroatoms. The highest BCUT2D eigenvalue weighted by Crippen LogP contribution is 2.25. The van der Waals surface area contributed by atoms with Crippen molar-refractivity contribution in [3.05, 3.63) is 65.7 Å². The molecule has 0 heterocycles. The zero-order valence-corrected chi connectivity index (χ0v) is 15.8. The first-order chi connectivity index (χ1) is 12.5. The molecule has 0 saturated heterocycles. The highest BCUT2D eigenvalue weighted by molar-refractivity contribution is 5.92. The molecule has 0 aromatic heterocycles. The van der Waals surface area contributed by atoms with E-state index in [1.165, 1.54) is 11.0 Å². The van der Waals surface area contributed by atoms with E-state index in [4.69, 9.17) is 9.47 Å². The molecule has 5 nitrogen and oxygen atoms in total. The summed E-state index contributed by atoms with van der Waals surface area (Å²) in [4.78, 5) is 13.7. The molecule has 0 bridgehead atoms. The Hall–Kier alpha value is -2.79. The second-order valence-electron chi connectivity index (χ2n) is 6.32. The lowest BCUT2D eigenvalue weighted by Crippen LogP contribution is -3.06. The van der Waals surface area contributed by atoms with Gasteiger partial charge in [0.05, 0.1) is 28.3 Å². The van der Waals surface area contributed by atoms with Gasteiger partial charge in [-0.2, -0.15) is 0 Å². The largest absolute Gasteiger partial charge is 0.497 e. The molecular formula is C21H27N2O3+. The van der Waals surface area contributed by atoms with Gasteiger partial charge in [0.1, 0.15) is 24.1 Å². The molecule has 0 aliphatic rings. The van der Waals surface area contributed by atoms with Gasteiger partial charge in [-0.3, -0.25) is 4.79 Å². The molecule has 0 radical (unpaired) electrons. The van der Waals surface area contributed by atoms with E-state index in [0.717, 1.165) is 17.7 Å². The molecule has 0 spiro atoms. The van der Waals surface area contributed by atoms with Gasteiger partial charge in [0.25, 0.3) is 0 Å². The Morgan fingerprint density at radius 3 is 2.46 bits per heavy atom. The average Bonchev–Trinajstić information content (AvgIpc) is 2.66. The van der Waals surface area contributed by atoms with Crippen molar-refractivity contribution < 1.29 is 19.2 Å². The van der Waals surface area contributed by atoms with Crippen molar-refractivity contribution in [2.45, 2.75) is 6.04 Å². The summed E-state index contributed by atoms with van der Waals surface area (Å²) in [5.41, 5.74) is 1.91. The van der Waals surface area contributed by atoms with E-state index in [0.29, 0.717) is 11.5 Å². The number of nitrogens with one attached hydrogen (secondary N) is 2. The van der Waals surface area contributed by atoms with Crippen LogP contribution >= 0.6 is 0 Å². The molecule has 0 fully saturated rings. The second kappa shape index (κ2) is 9.63. The van der Waals surface area contributed by atoms with Crippen LogP contribution in [0.1, 0.15) is 17.2 Å². The third-order valence-corrected chi connectivity index (χ3v) is 3.99. The van der Waals surface area contributed by atoms with Crippen molar-refractivity contribution in [1.82, 2.24) is 5.32 Å². The number of likely N-dealkylation sites (N-methyl/N-ethyl adjacent to an activating group) is 1. The van der Waals surface area contributed by atoms with Crippen LogP contribution in [0.4, 0.5) is 0 Å². The van der Waals surface area contributed by atoms with Crippen molar-refractivity contribution in [2.75, 3.05) is 34.9 Å². The number of carbonyl (C=O) groups is 1. The van der Waals surface area contributed by atoms with Gasteiger partial charge in [0.15, 0.2) is 0 Å². The van der Waals surface area contributed by atoms with Gasteiger partial charge in [0, 0.05) is 17.7 Å². The summed E-state index contributed by atoms with van der Waals surface area (Å²) in [6.07, 6.45) is 3.28. The Morgan fingerprint density at radius 2 is 1.85 bits per heavy atom. The Labute approximate surface area is 155 Å². The summed E-state index contributed by atoms with van der Waals surface area (Å²) in [6, 6.07) is 15.4. The molecule has 0 aliphatic carbocycles. The molecule has 0 saturated carbocycles. The maximum absolute atomic E-state index is 12.4. The number of methoxy groups -OCH3 is 2. The van der Waals surface area contributed by atoms with E-state index in [-0.39, 0.29) is 11.9 Å². The number of hydrogen-bond donors (Lipinski definition) is 2. The summed E-state index contributed by atoms with van der Waals surface area (Å²) in [7, 11) is 7.34. The first-order valence-corrected chi connectivity index (χ1v) is 8.58. The van der Waals surface area contributed by atoms with Crippen molar-refractivity contribution in [3.8, 4) is 11.5 Å². The summed E-state index contributed by atoms with van der Waals surface area (Å²) in [5, 5.41) is 3.08. The van der Waals surface area contributed by atoms with Gasteiger partial charge >= 0.3 is 0 Å². The summed E-state index contributed by atoms with van der Waals surface area (Å²) >= 11 is 0. The molecule has 2 N–H and O–H groups in total. The standard InChI is InChI=1S/C21H26N2O3/c1-23(2)15-19(16-8-6-5-7-9-16)22-21(24)13-11-17-10-12-18(25-3)14-20(17)26-4/h5-14,19H,15H2,1-4H3,(H,22,24)/p+1/b13-11+/t19-/m0/s1. The molecule has 26 heavy (non-hydrogen) atoms. The number of quaternary nitrogens is 1. The second-order valence-corrected chi connectivity index (χ2v) is 6.32. The highest BCUT2D eigenvalue weighted by Gasteiger charge is 2.16. The SMILES string of the molecule is COc1ccc(/C=C/C(=O)N[C@@H](C[NH+](C)C)c2ccccc2)c(OC)c1. The fourth-order valence-electron chi connectivity index (χ4n) is 2.69. The lowest BCUT2D eigenvalue weighted by molar-refractivity contribution is -0.860. The van der Waals surface area contributed by atoms with E-state index in [1.54, 1.807) is 26.4 Å². The van der Waals surface area contributed by atoms with E-state index in [9.17, 15) is 4.79 Å². The van der Waals surface area contributed by atoms with Gasteiger partial charge in [-0.1, -0.05) is 30.3 Å². The number of hydrogen-bond acceptors (Lipinski definition) is 3. The van der Waals surface area contributed by atoms with Crippen LogP contribution in [0.3, 0.4) is 0 Å². The fourth-order valence-corrected chi connectivity index (χ4v) is 2.69. The van der Waals surface area contributed by atoms with Gasteiger partial charge in [-0.25, -0.2) is 0 Å². The van der Waals surface area contributed by atoms with E-state index < -0.39 is 0 Å². The maximum atomic E-state index is 12.4.